The van der Waals surface area contributed by atoms with Crippen molar-refractivity contribution in [1.82, 2.24) is 25.5 Å². The van der Waals surface area contributed by atoms with Gasteiger partial charge in [-0.05, 0) is 56.7 Å². The van der Waals surface area contributed by atoms with Gasteiger partial charge in [0.25, 0.3) is 5.91 Å². The Balaban J connectivity index is 1.51. The van der Waals surface area contributed by atoms with Gasteiger partial charge in [-0.3, -0.25) is 9.89 Å². The standard InChI is InChI=1S/C23H24N6O2/c1-14(2)26-22(30)13-31-17-6-4-5-16(11-17)23-24-10-9-21(28-23)27-19-7-8-20-18(15(19)3)12-25-29-20/h4-12,14H,13H2,1-3H3,(H,25,29)(H,26,30)(H,24,27,28). The fourth-order valence-electron chi connectivity index (χ4n) is 3.24. The minimum atomic E-state index is -0.159. The minimum Gasteiger partial charge on any atom is -0.484 e. The quantitative estimate of drug-likeness (QED) is 0.421. The van der Waals surface area contributed by atoms with Gasteiger partial charge in [-0.2, -0.15) is 5.10 Å². The number of aromatic nitrogens is 4. The van der Waals surface area contributed by atoms with E-state index in [9.17, 15) is 4.79 Å². The molecule has 4 rings (SSSR count). The molecule has 0 spiro atoms. The molecule has 0 aliphatic rings. The fourth-order valence-corrected chi connectivity index (χ4v) is 3.24. The van der Waals surface area contributed by atoms with Crippen molar-refractivity contribution in [1.29, 1.82) is 0 Å². The molecule has 1 amide bonds. The van der Waals surface area contributed by atoms with Crippen molar-refractivity contribution in [2.45, 2.75) is 26.8 Å². The summed E-state index contributed by atoms with van der Waals surface area (Å²) in [6.45, 7) is 5.82. The minimum absolute atomic E-state index is 0.0418. The van der Waals surface area contributed by atoms with Gasteiger partial charge in [-0.15, -0.1) is 0 Å². The molecule has 2 heterocycles. The topological polar surface area (TPSA) is 105 Å². The Hall–Kier alpha value is -3.94. The molecule has 0 saturated heterocycles. The zero-order chi connectivity index (χ0) is 21.8. The van der Waals surface area contributed by atoms with Crippen molar-refractivity contribution >= 4 is 28.3 Å². The van der Waals surface area contributed by atoms with Crippen LogP contribution in [0, 0.1) is 6.92 Å². The Morgan fingerprint density at radius 1 is 1.19 bits per heavy atom. The Morgan fingerprint density at radius 3 is 2.90 bits per heavy atom. The summed E-state index contributed by atoms with van der Waals surface area (Å²) in [6, 6.07) is 13.3. The first kappa shape index (κ1) is 20.3. The molecule has 8 nitrogen and oxygen atoms in total. The van der Waals surface area contributed by atoms with Gasteiger partial charge in [-0.1, -0.05) is 12.1 Å². The van der Waals surface area contributed by atoms with Gasteiger partial charge in [0.1, 0.15) is 11.6 Å². The lowest BCUT2D eigenvalue weighted by molar-refractivity contribution is -0.123. The number of aromatic amines is 1. The van der Waals surface area contributed by atoms with Crippen LogP contribution in [-0.4, -0.2) is 38.7 Å². The second kappa shape index (κ2) is 8.83. The molecular weight excluding hydrogens is 392 g/mol. The number of carbonyl (C=O) groups excluding carboxylic acids is 1. The molecule has 0 atom stereocenters. The normalized spacial score (nSPS) is 11.0. The van der Waals surface area contributed by atoms with Crippen molar-refractivity contribution < 1.29 is 9.53 Å². The Kier molecular flexibility index (Phi) is 5.79. The van der Waals surface area contributed by atoms with Crippen LogP contribution < -0.4 is 15.4 Å². The van der Waals surface area contributed by atoms with Crippen LogP contribution in [0.1, 0.15) is 19.4 Å². The van der Waals surface area contributed by atoms with Crippen LogP contribution in [0.15, 0.2) is 54.9 Å². The summed E-state index contributed by atoms with van der Waals surface area (Å²) < 4.78 is 5.61. The highest BCUT2D eigenvalue weighted by molar-refractivity contribution is 5.87. The number of hydrogen-bond donors (Lipinski definition) is 3. The number of nitrogens with zero attached hydrogens (tertiary/aromatic N) is 3. The Labute approximate surface area is 180 Å². The van der Waals surface area contributed by atoms with E-state index in [1.54, 1.807) is 12.3 Å². The van der Waals surface area contributed by atoms with Gasteiger partial charge in [0.15, 0.2) is 12.4 Å². The van der Waals surface area contributed by atoms with Crippen molar-refractivity contribution in [3.05, 3.63) is 60.4 Å². The second-order valence-electron chi connectivity index (χ2n) is 7.50. The number of carbonyl (C=O) groups is 1. The van der Waals surface area contributed by atoms with Gasteiger partial charge >= 0.3 is 0 Å². The van der Waals surface area contributed by atoms with E-state index in [0.29, 0.717) is 17.4 Å². The van der Waals surface area contributed by atoms with E-state index >= 15 is 0 Å². The van der Waals surface area contributed by atoms with Gasteiger partial charge in [0, 0.05) is 28.9 Å². The van der Waals surface area contributed by atoms with Crippen molar-refractivity contribution in [2.24, 2.45) is 0 Å². The molecule has 0 radical (unpaired) electrons. The maximum absolute atomic E-state index is 11.8. The van der Waals surface area contributed by atoms with E-state index in [2.05, 4.69) is 30.8 Å². The molecule has 0 unspecified atom stereocenters. The largest absolute Gasteiger partial charge is 0.484 e. The molecule has 0 saturated carbocycles. The van der Waals surface area contributed by atoms with Crippen LogP contribution in [0.25, 0.3) is 22.3 Å². The summed E-state index contributed by atoms with van der Waals surface area (Å²) in [6.07, 6.45) is 3.52. The SMILES string of the molecule is Cc1c(Nc2ccnc(-c3cccc(OCC(=O)NC(C)C)c3)n2)ccc2[nH]ncc12. The van der Waals surface area contributed by atoms with E-state index in [1.807, 2.05) is 63.4 Å². The molecule has 0 aliphatic heterocycles. The number of rotatable bonds is 7. The zero-order valence-electron chi connectivity index (χ0n) is 17.6. The van der Waals surface area contributed by atoms with Gasteiger partial charge in [0.2, 0.25) is 0 Å². The lowest BCUT2D eigenvalue weighted by Crippen LogP contribution is -2.34. The number of benzene rings is 2. The van der Waals surface area contributed by atoms with E-state index in [0.717, 1.165) is 27.7 Å². The predicted octanol–water partition coefficient (Wildman–Crippen LogP) is 3.98. The summed E-state index contributed by atoms with van der Waals surface area (Å²) in [5.74, 6) is 1.66. The van der Waals surface area contributed by atoms with Crippen LogP contribution in [0.2, 0.25) is 0 Å². The predicted molar refractivity (Wildman–Crippen MR) is 120 cm³/mol. The van der Waals surface area contributed by atoms with E-state index < -0.39 is 0 Å². The van der Waals surface area contributed by atoms with E-state index in [-0.39, 0.29) is 18.6 Å². The highest BCUT2D eigenvalue weighted by Crippen LogP contribution is 2.27. The lowest BCUT2D eigenvalue weighted by Gasteiger charge is -2.11. The Bertz CT molecular complexity index is 1220. The van der Waals surface area contributed by atoms with Crippen LogP contribution in [0.4, 0.5) is 11.5 Å². The molecule has 3 N–H and O–H groups in total. The lowest BCUT2D eigenvalue weighted by atomic mass is 10.1. The third kappa shape index (κ3) is 4.80. The van der Waals surface area contributed by atoms with E-state index in [1.165, 1.54) is 0 Å². The number of anilines is 2. The van der Waals surface area contributed by atoms with E-state index in [4.69, 9.17) is 4.74 Å². The van der Waals surface area contributed by atoms with Crippen LogP contribution in [-0.2, 0) is 4.79 Å². The number of ether oxygens (including phenoxy) is 1. The molecule has 2 aromatic carbocycles. The first-order valence-electron chi connectivity index (χ1n) is 10.0. The Morgan fingerprint density at radius 2 is 2.06 bits per heavy atom. The smallest absolute Gasteiger partial charge is 0.258 e. The summed E-state index contributed by atoms with van der Waals surface area (Å²) in [5.41, 5.74) is 3.83. The number of nitrogens with one attached hydrogen (secondary N) is 3. The van der Waals surface area contributed by atoms with Crippen molar-refractivity contribution in [3.8, 4) is 17.1 Å². The first-order valence-corrected chi connectivity index (χ1v) is 10.0. The third-order valence-corrected chi connectivity index (χ3v) is 4.72. The summed E-state index contributed by atoms with van der Waals surface area (Å²) in [5, 5.41) is 14.3. The highest BCUT2D eigenvalue weighted by atomic mass is 16.5. The molecule has 158 valence electrons. The number of fused-ring (bicyclic) bond motifs is 1. The first-order chi connectivity index (χ1) is 15.0. The molecule has 0 fully saturated rings. The van der Waals surface area contributed by atoms with Gasteiger partial charge in [0.05, 0.1) is 11.7 Å². The van der Waals surface area contributed by atoms with Crippen molar-refractivity contribution in [3.63, 3.8) is 0 Å². The number of H-pyrrole nitrogens is 1. The maximum Gasteiger partial charge on any atom is 0.258 e. The van der Waals surface area contributed by atoms with Crippen LogP contribution >= 0.6 is 0 Å². The molecule has 4 aromatic rings. The summed E-state index contributed by atoms with van der Waals surface area (Å²) in [7, 11) is 0. The van der Waals surface area contributed by atoms with Gasteiger partial charge in [-0.25, -0.2) is 9.97 Å². The molecule has 31 heavy (non-hydrogen) atoms. The zero-order valence-corrected chi connectivity index (χ0v) is 17.6. The van der Waals surface area contributed by atoms with Crippen LogP contribution in [0.5, 0.6) is 5.75 Å². The maximum atomic E-state index is 11.8. The summed E-state index contributed by atoms with van der Waals surface area (Å²) >= 11 is 0. The molecular formula is C23H24N6O2. The fraction of sp³-hybridized carbons (Fsp3) is 0.217. The molecule has 8 heteroatoms. The second-order valence-corrected chi connectivity index (χ2v) is 7.50. The number of hydrogen-bond acceptors (Lipinski definition) is 6. The van der Waals surface area contributed by atoms with Crippen molar-refractivity contribution in [2.75, 3.05) is 11.9 Å². The average Bonchev–Trinajstić information content (AvgIpc) is 3.24. The molecule has 2 aromatic heterocycles. The summed E-state index contributed by atoms with van der Waals surface area (Å²) in [4.78, 5) is 20.8. The number of amides is 1. The monoisotopic (exact) mass is 416 g/mol. The third-order valence-electron chi connectivity index (χ3n) is 4.72. The van der Waals surface area contributed by atoms with Gasteiger partial charge < -0.3 is 15.4 Å². The highest BCUT2D eigenvalue weighted by Gasteiger charge is 2.09. The van der Waals surface area contributed by atoms with Crippen LogP contribution in [0.3, 0.4) is 0 Å². The number of aryl methyl sites for hydroxylation is 1. The molecule has 0 aliphatic carbocycles. The molecule has 0 bridgehead atoms. The average molecular weight is 416 g/mol.